The summed E-state index contributed by atoms with van der Waals surface area (Å²) < 4.78 is 5.34. The van der Waals surface area contributed by atoms with Gasteiger partial charge in [0.25, 0.3) is 0 Å². The van der Waals surface area contributed by atoms with E-state index in [4.69, 9.17) is 9.73 Å². The quantitative estimate of drug-likeness (QED) is 0.366. The fourth-order valence-corrected chi connectivity index (χ4v) is 2.58. The minimum absolute atomic E-state index is 0.613. The van der Waals surface area contributed by atoms with E-state index in [1.54, 1.807) is 0 Å². The smallest absolute Gasteiger partial charge is 0.191 e. The highest BCUT2D eigenvalue weighted by Crippen LogP contribution is 2.10. The molecule has 0 aliphatic carbocycles. The maximum absolute atomic E-state index is 5.34. The third kappa shape index (κ3) is 8.94. The predicted octanol–water partition coefficient (Wildman–Crippen LogP) is 1.70. The van der Waals surface area contributed by atoms with Crippen molar-refractivity contribution in [2.75, 3.05) is 52.5 Å². The third-order valence-corrected chi connectivity index (χ3v) is 3.64. The highest BCUT2D eigenvalue weighted by molar-refractivity contribution is 5.79. The molecule has 0 aromatic heterocycles. The lowest BCUT2D eigenvalue weighted by Crippen LogP contribution is -2.38. The van der Waals surface area contributed by atoms with Crippen LogP contribution in [0.5, 0.6) is 0 Å². The van der Waals surface area contributed by atoms with Gasteiger partial charge in [0.05, 0.1) is 0 Å². The summed E-state index contributed by atoms with van der Waals surface area (Å²) in [5.41, 5.74) is 0. The molecule has 5 heteroatoms. The molecule has 1 fully saturated rings. The van der Waals surface area contributed by atoms with Crippen molar-refractivity contribution in [3.63, 3.8) is 0 Å². The summed E-state index contributed by atoms with van der Waals surface area (Å²) in [6, 6.07) is 0. The number of aliphatic imine (C=N–C) groups is 1. The standard InChI is InChI=1S/C16H34N4O/c1-4-17-16(18-9-8-12-21-5-2)19-13-15(3)14-20-10-6-7-11-20/h15H,4-14H2,1-3H3,(H2,17,18,19). The van der Waals surface area contributed by atoms with Gasteiger partial charge in [0.15, 0.2) is 5.96 Å². The van der Waals surface area contributed by atoms with Crippen LogP contribution in [0.1, 0.15) is 40.0 Å². The molecule has 1 aliphatic heterocycles. The summed E-state index contributed by atoms with van der Waals surface area (Å²) in [7, 11) is 0. The zero-order valence-electron chi connectivity index (χ0n) is 14.2. The molecule has 1 heterocycles. The largest absolute Gasteiger partial charge is 0.382 e. The molecule has 2 N–H and O–H groups in total. The molecule has 1 unspecified atom stereocenters. The number of hydrogen-bond donors (Lipinski definition) is 2. The average molecular weight is 298 g/mol. The lowest BCUT2D eigenvalue weighted by molar-refractivity contribution is 0.145. The van der Waals surface area contributed by atoms with Crippen LogP contribution < -0.4 is 10.6 Å². The van der Waals surface area contributed by atoms with Crippen molar-refractivity contribution >= 4 is 5.96 Å². The van der Waals surface area contributed by atoms with E-state index >= 15 is 0 Å². The molecule has 0 bridgehead atoms. The average Bonchev–Trinajstić information content (AvgIpc) is 2.97. The second-order valence-electron chi connectivity index (χ2n) is 5.81. The van der Waals surface area contributed by atoms with Gasteiger partial charge in [0.2, 0.25) is 0 Å². The number of likely N-dealkylation sites (tertiary alicyclic amines) is 1. The molecule has 21 heavy (non-hydrogen) atoms. The van der Waals surface area contributed by atoms with Crippen LogP contribution in [0, 0.1) is 5.92 Å². The van der Waals surface area contributed by atoms with Crippen molar-refractivity contribution < 1.29 is 4.74 Å². The van der Waals surface area contributed by atoms with Gasteiger partial charge < -0.3 is 20.3 Å². The van der Waals surface area contributed by atoms with Gasteiger partial charge in [0.1, 0.15) is 0 Å². The first-order valence-electron chi connectivity index (χ1n) is 8.58. The Morgan fingerprint density at radius 3 is 2.67 bits per heavy atom. The van der Waals surface area contributed by atoms with Crippen molar-refractivity contribution in [3.05, 3.63) is 0 Å². The Balaban J connectivity index is 2.22. The van der Waals surface area contributed by atoms with Gasteiger partial charge in [-0.3, -0.25) is 4.99 Å². The van der Waals surface area contributed by atoms with Crippen LogP contribution >= 0.6 is 0 Å². The van der Waals surface area contributed by atoms with E-state index in [9.17, 15) is 0 Å². The van der Waals surface area contributed by atoms with Crippen molar-refractivity contribution in [1.29, 1.82) is 0 Å². The van der Waals surface area contributed by atoms with E-state index in [1.807, 2.05) is 6.92 Å². The Bertz CT molecular complexity index is 277. The van der Waals surface area contributed by atoms with E-state index in [0.717, 1.165) is 45.2 Å². The van der Waals surface area contributed by atoms with Gasteiger partial charge in [-0.15, -0.1) is 0 Å². The zero-order chi connectivity index (χ0) is 15.3. The van der Waals surface area contributed by atoms with E-state index in [-0.39, 0.29) is 0 Å². The minimum atomic E-state index is 0.613. The topological polar surface area (TPSA) is 48.9 Å². The Kier molecular flexibility index (Phi) is 10.3. The summed E-state index contributed by atoms with van der Waals surface area (Å²) in [4.78, 5) is 7.26. The molecule has 0 spiro atoms. The Morgan fingerprint density at radius 1 is 1.24 bits per heavy atom. The highest BCUT2D eigenvalue weighted by Gasteiger charge is 2.14. The fourth-order valence-electron chi connectivity index (χ4n) is 2.58. The van der Waals surface area contributed by atoms with Crippen LogP contribution in [0.15, 0.2) is 4.99 Å². The molecule has 1 saturated heterocycles. The molecule has 0 amide bonds. The van der Waals surface area contributed by atoms with Gasteiger partial charge in [-0.05, 0) is 52.1 Å². The van der Waals surface area contributed by atoms with Crippen molar-refractivity contribution in [2.24, 2.45) is 10.9 Å². The Labute approximate surface area is 130 Å². The van der Waals surface area contributed by atoms with Gasteiger partial charge in [-0.1, -0.05) is 6.92 Å². The van der Waals surface area contributed by atoms with E-state index in [0.29, 0.717) is 5.92 Å². The minimum Gasteiger partial charge on any atom is -0.382 e. The molecular weight excluding hydrogens is 264 g/mol. The molecule has 5 nitrogen and oxygen atoms in total. The lowest BCUT2D eigenvalue weighted by atomic mass is 10.2. The molecule has 1 aliphatic rings. The molecule has 0 aromatic rings. The predicted molar refractivity (Wildman–Crippen MR) is 89.9 cm³/mol. The normalized spacial score (nSPS) is 18.0. The number of hydrogen-bond acceptors (Lipinski definition) is 3. The van der Waals surface area contributed by atoms with E-state index < -0.39 is 0 Å². The van der Waals surface area contributed by atoms with Crippen LogP contribution in [0.25, 0.3) is 0 Å². The van der Waals surface area contributed by atoms with Crippen LogP contribution in [0.2, 0.25) is 0 Å². The number of guanidine groups is 1. The van der Waals surface area contributed by atoms with Gasteiger partial charge in [0, 0.05) is 39.4 Å². The molecule has 0 radical (unpaired) electrons. The highest BCUT2D eigenvalue weighted by atomic mass is 16.5. The number of nitrogens with one attached hydrogen (secondary N) is 2. The molecule has 0 saturated carbocycles. The van der Waals surface area contributed by atoms with Gasteiger partial charge in [-0.2, -0.15) is 0 Å². The first-order chi connectivity index (χ1) is 10.3. The Hall–Kier alpha value is -0.810. The summed E-state index contributed by atoms with van der Waals surface area (Å²) >= 11 is 0. The van der Waals surface area contributed by atoms with Crippen molar-refractivity contribution in [1.82, 2.24) is 15.5 Å². The number of nitrogens with zero attached hydrogens (tertiary/aromatic N) is 2. The first kappa shape index (κ1) is 18.2. The molecule has 1 rings (SSSR count). The maximum Gasteiger partial charge on any atom is 0.191 e. The monoisotopic (exact) mass is 298 g/mol. The molecule has 0 aromatic carbocycles. The fraction of sp³-hybridized carbons (Fsp3) is 0.938. The summed E-state index contributed by atoms with van der Waals surface area (Å²) in [6.45, 7) is 14.4. The third-order valence-electron chi connectivity index (χ3n) is 3.64. The number of ether oxygens (including phenoxy) is 1. The van der Waals surface area contributed by atoms with Crippen LogP contribution in [-0.2, 0) is 4.74 Å². The Morgan fingerprint density at radius 2 is 2.00 bits per heavy atom. The molecule has 124 valence electrons. The van der Waals surface area contributed by atoms with Gasteiger partial charge >= 0.3 is 0 Å². The lowest BCUT2D eigenvalue weighted by Gasteiger charge is -2.19. The van der Waals surface area contributed by atoms with Crippen molar-refractivity contribution in [3.8, 4) is 0 Å². The number of rotatable bonds is 10. The maximum atomic E-state index is 5.34. The summed E-state index contributed by atoms with van der Waals surface area (Å²) in [5.74, 6) is 1.55. The van der Waals surface area contributed by atoms with Crippen LogP contribution in [0.3, 0.4) is 0 Å². The second kappa shape index (κ2) is 11.8. The summed E-state index contributed by atoms with van der Waals surface area (Å²) in [6.07, 6.45) is 3.74. The zero-order valence-corrected chi connectivity index (χ0v) is 14.2. The van der Waals surface area contributed by atoms with Crippen molar-refractivity contribution in [2.45, 2.75) is 40.0 Å². The van der Waals surface area contributed by atoms with Crippen LogP contribution in [0.4, 0.5) is 0 Å². The molecular formula is C16H34N4O. The first-order valence-corrected chi connectivity index (χ1v) is 8.58. The molecule has 1 atom stereocenters. The van der Waals surface area contributed by atoms with Gasteiger partial charge in [-0.25, -0.2) is 0 Å². The SMILES string of the molecule is CCNC(=NCC(C)CN1CCCC1)NCCCOCC. The van der Waals surface area contributed by atoms with Crippen LogP contribution in [-0.4, -0.2) is 63.3 Å². The summed E-state index contributed by atoms with van der Waals surface area (Å²) in [5, 5.41) is 6.68. The van der Waals surface area contributed by atoms with E-state index in [1.165, 1.54) is 32.5 Å². The second-order valence-corrected chi connectivity index (χ2v) is 5.81. The van der Waals surface area contributed by atoms with E-state index in [2.05, 4.69) is 29.4 Å².